The van der Waals surface area contributed by atoms with Gasteiger partial charge >= 0.3 is 0 Å². The topological polar surface area (TPSA) is 102 Å². The van der Waals surface area contributed by atoms with Crippen molar-refractivity contribution in [2.45, 2.75) is 39.2 Å². The second kappa shape index (κ2) is 10.6. The SMILES string of the molecule is CC(C)c1cc(F)cc(Oc2c(Cl)ccc(CNC(=O)C3CCN(S(N)(=O)=O)CC3)c2Cl)c1. The number of carbonyl (C=O) groups is 1. The van der Waals surface area contributed by atoms with Crippen LogP contribution in [0.15, 0.2) is 30.3 Å². The van der Waals surface area contributed by atoms with Crippen molar-refractivity contribution in [3.05, 3.63) is 57.3 Å². The number of amides is 1. The molecule has 2 aromatic rings. The van der Waals surface area contributed by atoms with Gasteiger partial charge in [0, 0.05) is 31.6 Å². The fourth-order valence-electron chi connectivity index (χ4n) is 3.60. The molecule has 3 rings (SSSR count). The fraction of sp³-hybridized carbons (Fsp3) is 0.409. The average Bonchev–Trinajstić information content (AvgIpc) is 2.75. The minimum atomic E-state index is -3.75. The van der Waals surface area contributed by atoms with Gasteiger partial charge in [-0.2, -0.15) is 12.7 Å². The van der Waals surface area contributed by atoms with E-state index in [-0.39, 0.29) is 58.9 Å². The monoisotopic (exact) mass is 517 g/mol. The fourth-order valence-corrected chi connectivity index (χ4v) is 4.83. The molecule has 7 nitrogen and oxygen atoms in total. The van der Waals surface area contributed by atoms with E-state index in [0.29, 0.717) is 18.4 Å². The summed E-state index contributed by atoms with van der Waals surface area (Å²) in [6.07, 6.45) is 0.755. The van der Waals surface area contributed by atoms with Crippen LogP contribution in [0.3, 0.4) is 0 Å². The van der Waals surface area contributed by atoms with E-state index >= 15 is 0 Å². The zero-order valence-corrected chi connectivity index (χ0v) is 20.6. The molecule has 1 aliphatic heterocycles. The molecule has 1 heterocycles. The maximum atomic E-state index is 14.0. The Balaban J connectivity index is 1.68. The number of ether oxygens (including phenoxy) is 1. The van der Waals surface area contributed by atoms with Crippen LogP contribution in [0.1, 0.15) is 43.7 Å². The summed E-state index contributed by atoms with van der Waals surface area (Å²) in [4.78, 5) is 12.6. The summed E-state index contributed by atoms with van der Waals surface area (Å²) in [6, 6.07) is 7.69. The molecule has 33 heavy (non-hydrogen) atoms. The molecule has 1 fully saturated rings. The predicted octanol–water partition coefficient (Wildman–Crippen LogP) is 4.58. The Morgan fingerprint density at radius 2 is 1.91 bits per heavy atom. The normalized spacial score (nSPS) is 15.6. The highest BCUT2D eigenvalue weighted by molar-refractivity contribution is 7.86. The molecular weight excluding hydrogens is 492 g/mol. The van der Waals surface area contributed by atoms with Crippen molar-refractivity contribution < 1.29 is 22.3 Å². The second-order valence-electron chi connectivity index (χ2n) is 8.26. The number of hydrogen-bond acceptors (Lipinski definition) is 4. The maximum Gasteiger partial charge on any atom is 0.276 e. The Kier molecular flexibility index (Phi) is 8.23. The van der Waals surface area contributed by atoms with Gasteiger partial charge in [-0.1, -0.05) is 43.1 Å². The first kappa shape index (κ1) is 25.7. The second-order valence-corrected chi connectivity index (χ2v) is 10.6. The molecular formula is C22H26Cl2FN3O4S. The van der Waals surface area contributed by atoms with E-state index in [1.165, 1.54) is 12.1 Å². The number of rotatable bonds is 7. The average molecular weight is 518 g/mol. The molecule has 0 unspecified atom stereocenters. The van der Waals surface area contributed by atoms with Crippen LogP contribution in [0.25, 0.3) is 0 Å². The van der Waals surface area contributed by atoms with E-state index in [1.807, 2.05) is 13.8 Å². The van der Waals surface area contributed by atoms with E-state index in [0.717, 1.165) is 9.87 Å². The van der Waals surface area contributed by atoms with E-state index in [9.17, 15) is 17.6 Å². The maximum absolute atomic E-state index is 14.0. The summed E-state index contributed by atoms with van der Waals surface area (Å²) in [5.74, 6) is -0.416. The summed E-state index contributed by atoms with van der Waals surface area (Å²) in [7, 11) is -3.75. The van der Waals surface area contributed by atoms with Gasteiger partial charge in [-0.3, -0.25) is 4.79 Å². The zero-order valence-electron chi connectivity index (χ0n) is 18.3. The van der Waals surface area contributed by atoms with Crippen molar-refractivity contribution in [3.63, 3.8) is 0 Å². The number of benzene rings is 2. The van der Waals surface area contributed by atoms with Crippen molar-refractivity contribution in [1.29, 1.82) is 0 Å². The van der Waals surface area contributed by atoms with Crippen molar-refractivity contribution in [3.8, 4) is 11.5 Å². The highest BCUT2D eigenvalue weighted by Gasteiger charge is 2.29. The van der Waals surface area contributed by atoms with Crippen molar-refractivity contribution in [1.82, 2.24) is 9.62 Å². The molecule has 0 atom stereocenters. The van der Waals surface area contributed by atoms with Crippen LogP contribution in [0.2, 0.25) is 10.0 Å². The Morgan fingerprint density at radius 1 is 1.24 bits per heavy atom. The molecule has 2 aromatic carbocycles. The Labute approximate surface area is 203 Å². The molecule has 0 bridgehead atoms. The van der Waals surface area contributed by atoms with E-state index in [4.69, 9.17) is 33.1 Å². The smallest absolute Gasteiger partial charge is 0.276 e. The van der Waals surface area contributed by atoms with Crippen LogP contribution < -0.4 is 15.2 Å². The van der Waals surface area contributed by atoms with Gasteiger partial charge in [0.25, 0.3) is 10.2 Å². The third-order valence-corrected chi connectivity index (χ3v) is 7.34. The molecule has 1 aliphatic rings. The van der Waals surface area contributed by atoms with Crippen molar-refractivity contribution in [2.75, 3.05) is 13.1 Å². The number of nitrogens with two attached hydrogens (primary N) is 1. The van der Waals surface area contributed by atoms with Crippen LogP contribution in [-0.2, 0) is 21.5 Å². The first-order chi connectivity index (χ1) is 15.5. The van der Waals surface area contributed by atoms with E-state index in [1.54, 1.807) is 18.2 Å². The number of nitrogens with one attached hydrogen (secondary N) is 1. The summed E-state index contributed by atoms with van der Waals surface area (Å²) in [5.41, 5.74) is 1.35. The lowest BCUT2D eigenvalue weighted by Gasteiger charge is -2.29. The Hall–Kier alpha value is -1.91. The lowest BCUT2D eigenvalue weighted by molar-refractivity contribution is -0.126. The molecule has 3 N–H and O–H groups in total. The number of carbonyl (C=O) groups excluding carboxylic acids is 1. The number of halogens is 3. The van der Waals surface area contributed by atoms with Gasteiger partial charge < -0.3 is 10.1 Å². The molecule has 0 aromatic heterocycles. The van der Waals surface area contributed by atoms with Crippen molar-refractivity contribution >= 4 is 39.3 Å². The minimum Gasteiger partial charge on any atom is -0.454 e. The third kappa shape index (κ3) is 6.58. The van der Waals surface area contributed by atoms with Gasteiger partial charge in [0.05, 0.1) is 10.0 Å². The molecule has 0 saturated carbocycles. The summed E-state index contributed by atoms with van der Waals surface area (Å²) in [6.45, 7) is 4.41. The van der Waals surface area contributed by atoms with Crippen LogP contribution in [0, 0.1) is 11.7 Å². The number of piperidine rings is 1. The summed E-state index contributed by atoms with van der Waals surface area (Å²) >= 11 is 12.8. The highest BCUT2D eigenvalue weighted by atomic mass is 35.5. The minimum absolute atomic E-state index is 0.104. The molecule has 1 amide bonds. The molecule has 180 valence electrons. The van der Waals surface area contributed by atoms with Gasteiger partial charge in [0.2, 0.25) is 5.91 Å². The van der Waals surface area contributed by atoms with Crippen LogP contribution >= 0.6 is 23.2 Å². The molecule has 0 aliphatic carbocycles. The zero-order chi connectivity index (χ0) is 24.3. The first-order valence-electron chi connectivity index (χ1n) is 10.5. The van der Waals surface area contributed by atoms with E-state index < -0.39 is 16.0 Å². The lowest BCUT2D eigenvalue weighted by atomic mass is 9.97. The van der Waals surface area contributed by atoms with Gasteiger partial charge in [0.1, 0.15) is 11.6 Å². The molecule has 1 saturated heterocycles. The molecule has 11 heteroatoms. The lowest BCUT2D eigenvalue weighted by Crippen LogP contribution is -2.45. The third-order valence-electron chi connectivity index (χ3n) is 5.55. The van der Waals surface area contributed by atoms with Crippen LogP contribution in [0.4, 0.5) is 4.39 Å². The van der Waals surface area contributed by atoms with Gasteiger partial charge in [-0.05, 0) is 48.1 Å². The Morgan fingerprint density at radius 3 is 2.52 bits per heavy atom. The predicted molar refractivity (Wildman–Crippen MR) is 126 cm³/mol. The van der Waals surface area contributed by atoms with Gasteiger partial charge in [-0.25, -0.2) is 9.53 Å². The Bertz CT molecular complexity index is 1140. The highest BCUT2D eigenvalue weighted by Crippen LogP contribution is 2.39. The van der Waals surface area contributed by atoms with Crippen LogP contribution in [0.5, 0.6) is 11.5 Å². The quantitative estimate of drug-likeness (QED) is 0.560. The number of hydrogen-bond donors (Lipinski definition) is 2. The summed E-state index contributed by atoms with van der Waals surface area (Å²) < 4.78 is 43.8. The first-order valence-corrected chi connectivity index (χ1v) is 12.7. The standard InChI is InChI=1S/C22H26Cl2FN3O4S/c1-13(2)16-9-17(25)11-18(10-16)32-21-19(23)4-3-15(20(21)24)12-27-22(29)14-5-7-28(8-6-14)33(26,30)31/h3-4,9-11,13-14H,5-8,12H2,1-2H3,(H,27,29)(H2,26,30,31). The van der Waals surface area contributed by atoms with E-state index in [2.05, 4.69) is 5.32 Å². The number of nitrogens with zero attached hydrogens (tertiary/aromatic N) is 1. The van der Waals surface area contributed by atoms with Gasteiger partial charge in [0.15, 0.2) is 5.75 Å². The molecule has 0 radical (unpaired) electrons. The largest absolute Gasteiger partial charge is 0.454 e. The summed E-state index contributed by atoms with van der Waals surface area (Å²) in [5, 5.41) is 8.42. The van der Waals surface area contributed by atoms with Crippen molar-refractivity contribution in [2.24, 2.45) is 11.1 Å². The molecule has 0 spiro atoms. The van der Waals surface area contributed by atoms with Gasteiger partial charge in [-0.15, -0.1) is 0 Å². The van der Waals surface area contributed by atoms with Crippen LogP contribution in [-0.4, -0.2) is 31.7 Å².